The van der Waals surface area contributed by atoms with E-state index in [1.54, 1.807) is 13.0 Å². The highest BCUT2D eigenvalue weighted by molar-refractivity contribution is 6.80. The van der Waals surface area contributed by atoms with Crippen LogP contribution in [0, 0.1) is 38.3 Å². The second kappa shape index (κ2) is 20.0. The van der Waals surface area contributed by atoms with Crippen molar-refractivity contribution in [3.63, 3.8) is 0 Å². The normalized spacial score (nSPS) is 13.9. The van der Waals surface area contributed by atoms with E-state index in [2.05, 4.69) is 41.6 Å². The number of halogens is 2. The minimum Gasteiger partial charge on any atom is -0.473 e. The van der Waals surface area contributed by atoms with Crippen LogP contribution in [0.2, 0.25) is 0 Å². The van der Waals surface area contributed by atoms with Gasteiger partial charge in [-0.1, -0.05) is 38.0 Å². The zero-order valence-corrected chi connectivity index (χ0v) is 27.2. The monoisotopic (exact) mass is 612 g/mol. The number of hydrogen-bond acceptors (Lipinski definition) is 5. The number of ether oxygens (including phenoxy) is 1. The summed E-state index contributed by atoms with van der Waals surface area (Å²) in [7, 11) is 2.03. The second-order valence-corrected chi connectivity index (χ2v) is 10.9. The number of likely N-dealkylation sites (tertiary alicyclic amines) is 1. The van der Waals surface area contributed by atoms with Crippen molar-refractivity contribution in [2.45, 2.75) is 72.8 Å². The summed E-state index contributed by atoms with van der Waals surface area (Å²) >= 11 is 0. The van der Waals surface area contributed by atoms with Gasteiger partial charge in [0.25, 0.3) is 0 Å². The first-order chi connectivity index (χ1) is 21.7. The number of hydrogen-bond donors (Lipinski definition) is 0. The van der Waals surface area contributed by atoms with Crippen LogP contribution in [0.15, 0.2) is 71.8 Å². The van der Waals surface area contributed by atoms with E-state index in [4.69, 9.17) is 4.74 Å². The Morgan fingerprint density at radius 1 is 1.02 bits per heavy atom. The van der Waals surface area contributed by atoms with Crippen LogP contribution in [-0.4, -0.2) is 48.2 Å². The highest BCUT2D eigenvalue weighted by atomic mass is 19.1. The number of nitrogens with zero attached hydrogens (tertiary/aromatic N) is 3. The van der Waals surface area contributed by atoms with Gasteiger partial charge in [0.05, 0.1) is 0 Å². The number of terminal acetylenes is 1. The molecule has 0 unspecified atom stereocenters. The number of rotatable bonds is 8. The van der Waals surface area contributed by atoms with Crippen molar-refractivity contribution in [1.82, 2.24) is 9.88 Å². The van der Waals surface area contributed by atoms with Gasteiger partial charge in [-0.25, -0.2) is 13.8 Å². The van der Waals surface area contributed by atoms with Gasteiger partial charge < -0.3 is 9.64 Å². The fourth-order valence-corrected chi connectivity index (χ4v) is 4.80. The average molecular weight is 613 g/mol. The fraction of sp³-hybridized carbons (Fsp3) is 0.378. The van der Waals surface area contributed by atoms with E-state index >= 15 is 0 Å². The number of pyridine rings is 1. The molecule has 0 N–H and O–H groups in total. The number of ketones is 1. The molecule has 0 spiro atoms. The molecule has 1 aromatic heterocycles. The maximum absolute atomic E-state index is 13.7. The molecule has 2 aromatic carbocycles. The molecule has 3 heterocycles. The topological polar surface area (TPSA) is 54.8 Å². The van der Waals surface area contributed by atoms with Crippen molar-refractivity contribution < 1.29 is 18.3 Å². The third-order valence-corrected chi connectivity index (χ3v) is 7.57. The van der Waals surface area contributed by atoms with Gasteiger partial charge in [0, 0.05) is 41.1 Å². The maximum Gasteiger partial charge on any atom is 0.213 e. The molecule has 5 nitrogen and oxygen atoms in total. The van der Waals surface area contributed by atoms with Gasteiger partial charge in [-0.2, -0.15) is 0 Å². The van der Waals surface area contributed by atoms with Crippen molar-refractivity contribution in [1.29, 1.82) is 0 Å². The van der Waals surface area contributed by atoms with Crippen LogP contribution in [0.5, 0.6) is 5.88 Å². The molecule has 2 aliphatic rings. The lowest BCUT2D eigenvalue weighted by molar-refractivity contribution is 0.101. The molecule has 8 heteroatoms. The van der Waals surface area contributed by atoms with Crippen LogP contribution in [0.4, 0.5) is 8.78 Å². The first-order valence-corrected chi connectivity index (χ1v) is 15.4. The second-order valence-electron chi connectivity index (χ2n) is 10.9. The van der Waals surface area contributed by atoms with E-state index in [9.17, 15) is 13.6 Å². The number of aliphatic imine (C=N–C) groups is 1. The third-order valence-electron chi connectivity index (χ3n) is 7.57. The summed E-state index contributed by atoms with van der Waals surface area (Å²) in [5.41, 5.74) is 5.75. The Balaban J connectivity index is 0.000000288. The smallest absolute Gasteiger partial charge is 0.213 e. The number of aromatic nitrogens is 1. The summed E-state index contributed by atoms with van der Waals surface area (Å²) in [6.07, 6.45) is 14.3. The fourth-order valence-electron chi connectivity index (χ4n) is 4.80. The van der Waals surface area contributed by atoms with Crippen molar-refractivity contribution in [3.8, 4) is 18.7 Å². The average Bonchev–Trinajstić information content (AvgIpc) is 3.59. The lowest BCUT2D eigenvalue weighted by atomic mass is 9.73. The standard InChI is InChI=1S/C20H24F2N2O.C10H12O.C5H7BN.C2H2/c1-2-10-24-11-8-15(9-12-24)19-4-3-5-20(23-19)25-14-16-6-7-17(21)13-18(16)22;1-7-4-5-10(9(3)11)6-8(7)2;1-2-5-6-3-4-7-5;1-2/h3-7,13,15H,2,8-12,14H2,1H3;4-6H,1-3H3;3-4H,2H2,1H3;1-2H. The van der Waals surface area contributed by atoms with Crippen LogP contribution >= 0.6 is 0 Å². The predicted molar refractivity (Wildman–Crippen MR) is 182 cm³/mol. The van der Waals surface area contributed by atoms with Crippen LogP contribution in [-0.2, 0) is 6.61 Å². The molecular weight excluding hydrogens is 567 g/mol. The summed E-state index contributed by atoms with van der Waals surface area (Å²) in [6, 6.07) is 15.0. The van der Waals surface area contributed by atoms with Crippen molar-refractivity contribution in [3.05, 3.63) is 106 Å². The molecule has 3 aromatic rings. The Hall–Kier alpha value is -4.09. The summed E-state index contributed by atoms with van der Waals surface area (Å²) in [5.74, 6) is 1.83. The van der Waals surface area contributed by atoms with Gasteiger partial charge in [-0.3, -0.25) is 9.79 Å². The zero-order valence-electron chi connectivity index (χ0n) is 27.2. The van der Waals surface area contributed by atoms with E-state index in [1.807, 2.05) is 63.6 Å². The molecule has 0 bridgehead atoms. The highest BCUT2D eigenvalue weighted by Gasteiger charge is 2.21. The van der Waals surface area contributed by atoms with Crippen molar-refractivity contribution in [2.24, 2.45) is 4.99 Å². The predicted octanol–water partition coefficient (Wildman–Crippen LogP) is 8.27. The van der Waals surface area contributed by atoms with Crippen LogP contribution in [0.25, 0.3) is 0 Å². The molecule has 1 saturated heterocycles. The first-order valence-electron chi connectivity index (χ1n) is 15.4. The summed E-state index contributed by atoms with van der Waals surface area (Å²) in [6.45, 7) is 13.4. The van der Waals surface area contributed by atoms with Gasteiger partial charge in [0.15, 0.2) is 5.78 Å². The molecule has 1 radical (unpaired) electrons. The lowest BCUT2D eigenvalue weighted by Crippen LogP contribution is -2.33. The molecule has 5 rings (SSSR count). The lowest BCUT2D eigenvalue weighted by Gasteiger charge is -2.31. The largest absolute Gasteiger partial charge is 0.473 e. The Labute approximate surface area is 269 Å². The Kier molecular flexibility index (Phi) is 16.5. The highest BCUT2D eigenvalue weighted by Crippen LogP contribution is 2.28. The van der Waals surface area contributed by atoms with E-state index in [0.717, 1.165) is 56.2 Å². The number of carbonyl (C=O) groups excluding carboxylic acids is 1. The van der Waals surface area contributed by atoms with Crippen LogP contribution < -0.4 is 4.74 Å². The van der Waals surface area contributed by atoms with Gasteiger partial charge >= 0.3 is 0 Å². The van der Waals surface area contributed by atoms with Gasteiger partial charge in [0.2, 0.25) is 13.2 Å². The van der Waals surface area contributed by atoms with Crippen LogP contribution in [0.1, 0.15) is 85.1 Å². The molecule has 237 valence electrons. The van der Waals surface area contributed by atoms with E-state index < -0.39 is 11.6 Å². The van der Waals surface area contributed by atoms with Gasteiger partial charge in [-0.15, -0.1) is 12.8 Å². The van der Waals surface area contributed by atoms with Gasteiger partial charge in [-0.05, 0) is 107 Å². The number of aryl methyl sites for hydroxylation is 2. The Bertz CT molecular complexity index is 1450. The van der Waals surface area contributed by atoms with Crippen molar-refractivity contribution in [2.75, 3.05) is 19.6 Å². The van der Waals surface area contributed by atoms with Crippen LogP contribution in [0.3, 0.4) is 0 Å². The van der Waals surface area contributed by atoms with E-state index in [-0.39, 0.29) is 12.4 Å². The maximum atomic E-state index is 13.7. The number of Topliss-reactive ketones (excluding diaryl/α,β-unsaturated/α-hetero) is 1. The SMILES string of the molecule is C#C.CC(=O)c1ccc(C)c(C)c1.CCC1=NC=C[B]1.CCCN1CCC(c2cccc(OCc3ccc(F)cc3F)n2)CC1. The minimum atomic E-state index is -0.598. The molecular formula is C37H45BF2N3O2. The minimum absolute atomic E-state index is 0.0392. The third kappa shape index (κ3) is 12.8. The zero-order chi connectivity index (χ0) is 33.2. The number of carbonyl (C=O) groups is 1. The Morgan fingerprint density at radius 2 is 1.76 bits per heavy atom. The number of piperidine rings is 1. The summed E-state index contributed by atoms with van der Waals surface area (Å²) < 4.78 is 32.2. The molecule has 0 amide bonds. The van der Waals surface area contributed by atoms with E-state index in [0.29, 0.717) is 17.4 Å². The van der Waals surface area contributed by atoms with E-state index in [1.165, 1.54) is 35.3 Å². The van der Waals surface area contributed by atoms with Gasteiger partial charge in [0.1, 0.15) is 18.2 Å². The summed E-state index contributed by atoms with van der Waals surface area (Å²) in [4.78, 5) is 22.0. The molecule has 2 aliphatic heterocycles. The van der Waals surface area contributed by atoms with Crippen molar-refractivity contribution >= 4 is 18.7 Å². The quantitative estimate of drug-likeness (QED) is 0.146. The first kappa shape index (κ1) is 37.1. The molecule has 0 atom stereocenters. The number of benzene rings is 2. The summed E-state index contributed by atoms with van der Waals surface area (Å²) in [5, 5.41) is 0. The molecule has 0 aliphatic carbocycles. The molecule has 45 heavy (non-hydrogen) atoms. The Morgan fingerprint density at radius 3 is 2.31 bits per heavy atom. The molecule has 0 saturated carbocycles. The molecule has 1 fully saturated rings.